The van der Waals surface area contributed by atoms with E-state index in [-0.39, 0.29) is 12.3 Å². The van der Waals surface area contributed by atoms with E-state index < -0.39 is 0 Å². The average Bonchev–Trinajstić information content (AvgIpc) is 3.19. The number of likely N-dealkylation sites (tertiary alicyclic amines) is 1. The number of amides is 1. The average molecular weight is 320 g/mol. The van der Waals surface area contributed by atoms with Gasteiger partial charge in [-0.3, -0.25) is 4.79 Å². The summed E-state index contributed by atoms with van der Waals surface area (Å²) in [6, 6.07) is 0. The molecule has 0 aromatic carbocycles. The first-order chi connectivity index (χ1) is 11.2. The summed E-state index contributed by atoms with van der Waals surface area (Å²) in [4.78, 5) is 14.6. The molecule has 1 aliphatic carbocycles. The first-order valence-corrected chi connectivity index (χ1v) is 8.98. The lowest BCUT2D eigenvalue weighted by Gasteiger charge is -2.33. The highest BCUT2D eigenvalue weighted by Crippen LogP contribution is 2.27. The molecule has 1 saturated carbocycles. The molecule has 128 valence electrons. The summed E-state index contributed by atoms with van der Waals surface area (Å²) < 4.78 is 4.62. The summed E-state index contributed by atoms with van der Waals surface area (Å²) in [6.45, 7) is 6.24. The zero-order chi connectivity index (χ0) is 16.1. The normalized spacial score (nSPS) is 20.9. The predicted octanol–water partition coefficient (Wildman–Crippen LogP) is 1.94. The predicted molar refractivity (Wildman–Crippen MR) is 86.9 cm³/mol. The minimum atomic E-state index is 0.0113. The highest BCUT2D eigenvalue weighted by atomic mass is 16.6. The van der Waals surface area contributed by atoms with Crippen LogP contribution in [0.25, 0.3) is 0 Å². The van der Waals surface area contributed by atoms with Crippen LogP contribution in [-0.4, -0.2) is 47.3 Å². The summed E-state index contributed by atoms with van der Waals surface area (Å²) in [5.41, 5.74) is 1.33. The number of nitrogens with zero attached hydrogens (tertiary/aromatic N) is 3. The Bertz CT molecular complexity index is 502. The number of aromatic nitrogens is 2. The molecule has 23 heavy (non-hydrogen) atoms. The Morgan fingerprint density at radius 1 is 1.17 bits per heavy atom. The molecule has 0 radical (unpaired) electrons. The van der Waals surface area contributed by atoms with E-state index in [2.05, 4.69) is 25.2 Å². The maximum absolute atomic E-state index is 12.0. The molecule has 1 N–H and O–H groups in total. The van der Waals surface area contributed by atoms with E-state index in [9.17, 15) is 4.79 Å². The quantitative estimate of drug-likeness (QED) is 0.867. The maximum atomic E-state index is 12.0. The lowest BCUT2D eigenvalue weighted by Crippen LogP contribution is -2.40. The van der Waals surface area contributed by atoms with Crippen LogP contribution < -0.4 is 5.32 Å². The van der Waals surface area contributed by atoms with Crippen LogP contribution in [0.1, 0.15) is 49.9 Å². The molecule has 1 aromatic heterocycles. The Balaban J connectivity index is 1.32. The monoisotopic (exact) mass is 320 g/mol. The summed E-state index contributed by atoms with van der Waals surface area (Å²) in [5, 5.41) is 10.5. The molecule has 2 aliphatic rings. The lowest BCUT2D eigenvalue weighted by molar-refractivity contribution is -0.120. The molecule has 6 heteroatoms. The maximum Gasteiger partial charge on any atom is 0.226 e. The smallest absolute Gasteiger partial charge is 0.226 e. The van der Waals surface area contributed by atoms with E-state index in [4.69, 9.17) is 0 Å². The van der Waals surface area contributed by atoms with Crippen molar-refractivity contribution in [2.75, 3.05) is 26.2 Å². The summed E-state index contributed by atoms with van der Waals surface area (Å²) in [7, 11) is 0. The number of aryl methyl sites for hydroxylation is 1. The fourth-order valence-corrected chi connectivity index (χ4v) is 3.81. The molecule has 2 fully saturated rings. The largest absolute Gasteiger partial charge is 0.355 e. The first kappa shape index (κ1) is 16.4. The lowest BCUT2D eigenvalue weighted by atomic mass is 9.95. The van der Waals surface area contributed by atoms with Crippen molar-refractivity contribution in [2.45, 2.75) is 51.9 Å². The van der Waals surface area contributed by atoms with Crippen molar-refractivity contribution in [1.82, 2.24) is 20.5 Å². The Morgan fingerprint density at radius 2 is 1.91 bits per heavy atom. The fourth-order valence-electron chi connectivity index (χ4n) is 3.81. The van der Waals surface area contributed by atoms with E-state index in [0.29, 0.717) is 17.3 Å². The Labute approximate surface area is 138 Å². The highest BCUT2D eigenvalue weighted by Gasteiger charge is 2.23. The second-order valence-electron chi connectivity index (χ2n) is 7.17. The van der Waals surface area contributed by atoms with Crippen molar-refractivity contribution in [3.05, 3.63) is 11.4 Å². The van der Waals surface area contributed by atoms with Crippen molar-refractivity contribution in [1.29, 1.82) is 0 Å². The van der Waals surface area contributed by atoms with Gasteiger partial charge in [-0.15, -0.1) is 0 Å². The summed E-state index contributed by atoms with van der Waals surface area (Å²) >= 11 is 0. The van der Waals surface area contributed by atoms with E-state index in [1.54, 1.807) is 6.92 Å². The van der Waals surface area contributed by atoms with Crippen molar-refractivity contribution >= 4 is 5.91 Å². The van der Waals surface area contributed by atoms with Crippen LogP contribution in [0, 0.1) is 18.8 Å². The van der Waals surface area contributed by atoms with E-state index in [1.165, 1.54) is 58.2 Å². The molecule has 1 saturated heterocycles. The van der Waals surface area contributed by atoms with Crippen molar-refractivity contribution < 1.29 is 9.42 Å². The van der Waals surface area contributed by atoms with Gasteiger partial charge in [0.15, 0.2) is 0 Å². The first-order valence-electron chi connectivity index (χ1n) is 8.98. The number of hydrogen-bond acceptors (Lipinski definition) is 5. The standard InChI is InChI=1S/C17H28N4O2/c1-13-16(20-23-19-13)10-17(22)18-11-14-6-8-21(9-7-14)12-15-4-2-3-5-15/h14-15H,2-12H2,1H3,(H,18,22). The zero-order valence-corrected chi connectivity index (χ0v) is 14.1. The number of carbonyl (C=O) groups is 1. The summed E-state index contributed by atoms with van der Waals surface area (Å²) in [5.74, 6) is 1.55. The molecular weight excluding hydrogens is 292 g/mol. The van der Waals surface area contributed by atoms with Crippen molar-refractivity contribution in [2.24, 2.45) is 11.8 Å². The van der Waals surface area contributed by atoms with Gasteiger partial charge in [-0.1, -0.05) is 23.2 Å². The molecule has 0 unspecified atom stereocenters. The molecule has 6 nitrogen and oxygen atoms in total. The molecule has 0 bridgehead atoms. The molecular formula is C17H28N4O2. The van der Waals surface area contributed by atoms with Gasteiger partial charge in [0, 0.05) is 13.1 Å². The molecule has 1 aliphatic heterocycles. The third kappa shape index (κ3) is 4.77. The van der Waals surface area contributed by atoms with Crippen LogP contribution in [0.15, 0.2) is 4.63 Å². The third-order valence-electron chi connectivity index (χ3n) is 5.36. The van der Waals surface area contributed by atoms with Gasteiger partial charge >= 0.3 is 0 Å². The van der Waals surface area contributed by atoms with Gasteiger partial charge in [0.1, 0.15) is 11.4 Å². The van der Waals surface area contributed by atoms with Gasteiger partial charge in [-0.2, -0.15) is 0 Å². The van der Waals surface area contributed by atoms with Crippen LogP contribution in [0.4, 0.5) is 0 Å². The van der Waals surface area contributed by atoms with Gasteiger partial charge in [0.05, 0.1) is 6.42 Å². The molecule has 1 aromatic rings. The zero-order valence-electron chi connectivity index (χ0n) is 14.1. The van der Waals surface area contributed by atoms with Gasteiger partial charge in [0.2, 0.25) is 5.91 Å². The van der Waals surface area contributed by atoms with Gasteiger partial charge in [-0.05, 0) is 57.5 Å². The van der Waals surface area contributed by atoms with Gasteiger partial charge < -0.3 is 10.2 Å². The summed E-state index contributed by atoms with van der Waals surface area (Å²) in [6.07, 6.45) is 8.34. The van der Waals surface area contributed by atoms with Crippen LogP contribution in [-0.2, 0) is 11.2 Å². The van der Waals surface area contributed by atoms with E-state index in [0.717, 1.165) is 12.5 Å². The Morgan fingerprint density at radius 3 is 2.57 bits per heavy atom. The van der Waals surface area contributed by atoms with Crippen LogP contribution in [0.2, 0.25) is 0 Å². The SMILES string of the molecule is Cc1nonc1CC(=O)NCC1CCN(CC2CCCC2)CC1. The van der Waals surface area contributed by atoms with Gasteiger partial charge in [-0.25, -0.2) is 4.63 Å². The highest BCUT2D eigenvalue weighted by molar-refractivity contribution is 5.78. The molecule has 0 spiro atoms. The van der Waals surface area contributed by atoms with Crippen molar-refractivity contribution in [3.63, 3.8) is 0 Å². The second kappa shape index (κ2) is 7.90. The molecule has 0 atom stereocenters. The van der Waals surface area contributed by atoms with E-state index in [1.807, 2.05) is 0 Å². The fraction of sp³-hybridized carbons (Fsp3) is 0.824. The Hall–Kier alpha value is -1.43. The van der Waals surface area contributed by atoms with Crippen LogP contribution in [0.5, 0.6) is 0 Å². The van der Waals surface area contributed by atoms with Crippen LogP contribution >= 0.6 is 0 Å². The van der Waals surface area contributed by atoms with Crippen LogP contribution in [0.3, 0.4) is 0 Å². The molecule has 1 amide bonds. The number of rotatable bonds is 6. The number of nitrogens with one attached hydrogen (secondary N) is 1. The number of hydrogen-bond donors (Lipinski definition) is 1. The number of piperidine rings is 1. The molecule has 2 heterocycles. The number of carbonyl (C=O) groups excluding carboxylic acids is 1. The molecule has 3 rings (SSSR count). The topological polar surface area (TPSA) is 71.3 Å². The second-order valence-corrected chi connectivity index (χ2v) is 7.17. The minimum Gasteiger partial charge on any atom is -0.355 e. The minimum absolute atomic E-state index is 0.0113. The Kier molecular flexibility index (Phi) is 5.65. The van der Waals surface area contributed by atoms with Crippen molar-refractivity contribution in [3.8, 4) is 0 Å². The third-order valence-corrected chi connectivity index (χ3v) is 5.36. The van der Waals surface area contributed by atoms with E-state index >= 15 is 0 Å². The van der Waals surface area contributed by atoms with Gasteiger partial charge in [0.25, 0.3) is 0 Å².